The number of hydrogen-bond donors (Lipinski definition) is 0. The molecule has 0 fully saturated rings. The lowest BCUT2D eigenvalue weighted by Crippen LogP contribution is -2.36. The first-order valence-corrected chi connectivity index (χ1v) is 7.76. The number of benzene rings is 1. The fourth-order valence-corrected chi connectivity index (χ4v) is 3.08. The molecule has 1 aromatic rings. The third kappa shape index (κ3) is 3.66. The normalized spacial score (nSPS) is 11.6. The molecule has 100 valence electrons. The van der Waals surface area contributed by atoms with Gasteiger partial charge in [-0.25, -0.2) is 8.42 Å². The Kier molecular flexibility index (Phi) is 5.54. The Hall–Kier alpha value is -0.670. The van der Waals surface area contributed by atoms with Crippen molar-refractivity contribution in [2.24, 2.45) is 0 Å². The van der Waals surface area contributed by atoms with Gasteiger partial charge < -0.3 is 4.74 Å². The average molecular weight is 383 g/mol. The molecular weight excluding hydrogens is 369 g/mol. The summed E-state index contributed by atoms with van der Waals surface area (Å²) in [5, 5.41) is 0. The van der Waals surface area contributed by atoms with Crippen molar-refractivity contribution in [1.29, 1.82) is 0 Å². The molecule has 0 aliphatic carbocycles. The van der Waals surface area contributed by atoms with Crippen molar-refractivity contribution < 1.29 is 17.9 Å². The predicted molar refractivity (Wildman–Crippen MR) is 75.6 cm³/mol. The molecule has 0 N–H and O–H groups in total. The zero-order valence-electron chi connectivity index (χ0n) is 10.1. The van der Waals surface area contributed by atoms with E-state index in [0.29, 0.717) is 0 Å². The van der Waals surface area contributed by atoms with Crippen molar-refractivity contribution >= 4 is 38.6 Å². The molecule has 0 saturated carbocycles. The summed E-state index contributed by atoms with van der Waals surface area (Å²) < 4.78 is 31.0. The summed E-state index contributed by atoms with van der Waals surface area (Å²) in [4.78, 5) is 11.4. The number of nitrogens with zero attached hydrogens (tertiary/aromatic N) is 1. The van der Waals surface area contributed by atoms with Gasteiger partial charge in [-0.3, -0.25) is 4.79 Å². The summed E-state index contributed by atoms with van der Waals surface area (Å²) in [6, 6.07) is 6.47. The zero-order valence-corrected chi connectivity index (χ0v) is 13.1. The zero-order chi connectivity index (χ0) is 13.8. The molecule has 0 aliphatic heterocycles. The molecule has 5 nitrogen and oxygen atoms in total. The van der Waals surface area contributed by atoms with Crippen LogP contribution in [0.1, 0.15) is 6.92 Å². The maximum Gasteiger partial charge on any atom is 0.321 e. The lowest BCUT2D eigenvalue weighted by atomic mass is 10.4. The minimum absolute atomic E-state index is 0.175. The van der Waals surface area contributed by atoms with Gasteiger partial charge in [-0.2, -0.15) is 4.31 Å². The number of carbonyl (C=O) groups excluding carboxylic acids is 1. The van der Waals surface area contributed by atoms with Crippen LogP contribution in [0.4, 0.5) is 0 Å². The Labute approximate surface area is 120 Å². The summed E-state index contributed by atoms with van der Waals surface area (Å²) in [6.45, 7) is 1.61. The van der Waals surface area contributed by atoms with Crippen molar-refractivity contribution in [2.75, 3.05) is 20.2 Å². The van der Waals surface area contributed by atoms with E-state index in [1.165, 1.54) is 19.2 Å². The molecule has 1 rings (SSSR count). The Bertz CT molecular complexity index is 512. The van der Waals surface area contributed by atoms with Gasteiger partial charge in [0.2, 0.25) is 10.0 Å². The van der Waals surface area contributed by atoms with Gasteiger partial charge in [0.15, 0.2) is 0 Å². The van der Waals surface area contributed by atoms with Crippen LogP contribution in [-0.2, 0) is 19.6 Å². The minimum atomic E-state index is -3.64. The van der Waals surface area contributed by atoms with Crippen LogP contribution in [0, 0.1) is 3.57 Å². The van der Waals surface area contributed by atoms with Crippen molar-refractivity contribution in [2.45, 2.75) is 11.8 Å². The summed E-state index contributed by atoms with van der Waals surface area (Å²) in [7, 11) is -2.41. The van der Waals surface area contributed by atoms with E-state index >= 15 is 0 Å². The number of likely N-dealkylation sites (N-methyl/N-ethyl adjacent to an activating group) is 1. The van der Waals surface area contributed by atoms with Crippen LogP contribution in [0.3, 0.4) is 0 Å². The van der Waals surface area contributed by atoms with Crippen LogP contribution in [0.15, 0.2) is 29.2 Å². The molecule has 0 radical (unpaired) electrons. The van der Waals surface area contributed by atoms with Crippen LogP contribution in [0.2, 0.25) is 0 Å². The molecule has 1 aromatic carbocycles. The molecule has 18 heavy (non-hydrogen) atoms. The van der Waals surface area contributed by atoms with Gasteiger partial charge in [-0.1, -0.05) is 6.92 Å². The minimum Gasteiger partial charge on any atom is -0.468 e. The molecule has 0 heterocycles. The van der Waals surface area contributed by atoms with Gasteiger partial charge in [-0.05, 0) is 46.9 Å². The number of rotatable bonds is 5. The average Bonchev–Trinajstić information content (AvgIpc) is 2.35. The Balaban J connectivity index is 3.03. The maximum atomic E-state index is 12.2. The number of ether oxygens (including phenoxy) is 1. The van der Waals surface area contributed by atoms with E-state index < -0.39 is 16.0 Å². The highest BCUT2D eigenvalue weighted by molar-refractivity contribution is 14.1. The van der Waals surface area contributed by atoms with Gasteiger partial charge in [0.1, 0.15) is 6.54 Å². The molecule has 0 atom stereocenters. The van der Waals surface area contributed by atoms with Crippen LogP contribution in [-0.4, -0.2) is 38.9 Å². The Morgan fingerprint density at radius 2 is 1.89 bits per heavy atom. The maximum absolute atomic E-state index is 12.2. The van der Waals surface area contributed by atoms with E-state index in [4.69, 9.17) is 0 Å². The van der Waals surface area contributed by atoms with Crippen molar-refractivity contribution in [1.82, 2.24) is 4.31 Å². The molecule has 0 aromatic heterocycles. The molecule has 0 aliphatic rings. The van der Waals surface area contributed by atoms with Crippen molar-refractivity contribution in [3.8, 4) is 0 Å². The summed E-state index contributed by atoms with van der Waals surface area (Å²) in [5.41, 5.74) is 0. The van der Waals surface area contributed by atoms with Crippen molar-refractivity contribution in [3.63, 3.8) is 0 Å². The fourth-order valence-electron chi connectivity index (χ4n) is 1.33. The SMILES string of the molecule is CCN(CC(=O)OC)S(=O)(=O)c1ccc(I)cc1. The molecule has 0 spiro atoms. The molecule has 0 bridgehead atoms. The van der Waals surface area contributed by atoms with Gasteiger partial charge >= 0.3 is 5.97 Å². The second kappa shape index (κ2) is 6.48. The van der Waals surface area contributed by atoms with Crippen LogP contribution in [0.25, 0.3) is 0 Å². The monoisotopic (exact) mass is 383 g/mol. The lowest BCUT2D eigenvalue weighted by molar-refractivity contribution is -0.140. The standard InChI is InChI=1S/C11H14INO4S/c1-3-13(8-11(14)17-2)18(15,16)10-6-4-9(12)5-7-10/h4-7H,3,8H2,1-2H3. The second-order valence-corrected chi connectivity index (χ2v) is 6.64. The van der Waals surface area contributed by atoms with E-state index in [0.717, 1.165) is 7.88 Å². The number of halogens is 1. The first-order chi connectivity index (χ1) is 8.41. The van der Waals surface area contributed by atoms with Crippen LogP contribution >= 0.6 is 22.6 Å². The van der Waals surface area contributed by atoms with E-state index in [-0.39, 0.29) is 18.0 Å². The van der Waals surface area contributed by atoms with E-state index in [9.17, 15) is 13.2 Å². The third-order valence-electron chi connectivity index (χ3n) is 2.34. The number of methoxy groups -OCH3 is 1. The third-order valence-corrected chi connectivity index (χ3v) is 4.99. The van der Waals surface area contributed by atoms with E-state index in [1.807, 2.05) is 0 Å². The number of esters is 1. The Morgan fingerprint density at radius 1 is 1.33 bits per heavy atom. The smallest absolute Gasteiger partial charge is 0.321 e. The topological polar surface area (TPSA) is 63.7 Å². The highest BCUT2D eigenvalue weighted by atomic mass is 127. The molecule has 0 amide bonds. The number of carbonyl (C=O) groups is 1. The summed E-state index contributed by atoms with van der Waals surface area (Å²) in [6.07, 6.45) is 0. The summed E-state index contributed by atoms with van der Waals surface area (Å²) >= 11 is 2.09. The van der Waals surface area contributed by atoms with Gasteiger partial charge in [0.25, 0.3) is 0 Å². The lowest BCUT2D eigenvalue weighted by Gasteiger charge is -2.19. The van der Waals surface area contributed by atoms with E-state index in [2.05, 4.69) is 27.3 Å². The molecular formula is C11H14INO4S. The van der Waals surface area contributed by atoms with Crippen LogP contribution in [0.5, 0.6) is 0 Å². The van der Waals surface area contributed by atoms with E-state index in [1.54, 1.807) is 19.1 Å². The molecule has 0 saturated heterocycles. The van der Waals surface area contributed by atoms with Crippen molar-refractivity contribution in [3.05, 3.63) is 27.8 Å². The number of hydrogen-bond acceptors (Lipinski definition) is 4. The predicted octanol–water partition coefficient (Wildman–Crippen LogP) is 1.47. The first-order valence-electron chi connectivity index (χ1n) is 5.24. The quantitative estimate of drug-likeness (QED) is 0.571. The van der Waals surface area contributed by atoms with Crippen LogP contribution < -0.4 is 0 Å². The fraction of sp³-hybridized carbons (Fsp3) is 0.364. The second-order valence-electron chi connectivity index (χ2n) is 3.46. The summed E-state index contributed by atoms with van der Waals surface area (Å²) in [5.74, 6) is -0.578. The van der Waals surface area contributed by atoms with Gasteiger partial charge in [0, 0.05) is 10.1 Å². The largest absolute Gasteiger partial charge is 0.468 e. The molecule has 0 unspecified atom stereocenters. The highest BCUT2D eigenvalue weighted by Gasteiger charge is 2.25. The Morgan fingerprint density at radius 3 is 2.33 bits per heavy atom. The number of sulfonamides is 1. The van der Waals surface area contributed by atoms with Gasteiger partial charge in [-0.15, -0.1) is 0 Å². The highest BCUT2D eigenvalue weighted by Crippen LogP contribution is 2.17. The first kappa shape index (κ1) is 15.4. The van der Waals surface area contributed by atoms with Gasteiger partial charge in [0.05, 0.1) is 12.0 Å². The molecule has 7 heteroatoms.